The highest BCUT2D eigenvalue weighted by Gasteiger charge is 2.14. The highest BCUT2D eigenvalue weighted by atomic mass is 16.5. The summed E-state index contributed by atoms with van der Waals surface area (Å²) < 4.78 is 12.7. The quantitative estimate of drug-likeness (QED) is 0.465. The van der Waals surface area contributed by atoms with Gasteiger partial charge in [0.05, 0.1) is 25.3 Å². The molecule has 0 spiro atoms. The summed E-state index contributed by atoms with van der Waals surface area (Å²) in [5.41, 5.74) is 4.44. The third-order valence-corrected chi connectivity index (χ3v) is 5.24. The molecular formula is C25H25N3O3. The summed E-state index contributed by atoms with van der Waals surface area (Å²) in [4.78, 5) is 17.5. The molecule has 0 saturated carbocycles. The van der Waals surface area contributed by atoms with Crippen molar-refractivity contribution < 1.29 is 14.3 Å². The molecule has 0 saturated heterocycles. The van der Waals surface area contributed by atoms with E-state index in [2.05, 4.69) is 10.3 Å². The highest BCUT2D eigenvalue weighted by molar-refractivity contribution is 5.93. The number of aromatic nitrogens is 2. The van der Waals surface area contributed by atoms with Crippen molar-refractivity contribution in [2.75, 3.05) is 19.5 Å². The van der Waals surface area contributed by atoms with Gasteiger partial charge in [-0.25, -0.2) is 4.98 Å². The van der Waals surface area contributed by atoms with Crippen LogP contribution in [-0.2, 0) is 17.8 Å². The molecule has 1 amide bonds. The fourth-order valence-corrected chi connectivity index (χ4v) is 3.70. The highest BCUT2D eigenvalue weighted by Crippen LogP contribution is 2.33. The van der Waals surface area contributed by atoms with E-state index in [1.54, 1.807) is 14.2 Å². The lowest BCUT2D eigenvalue weighted by Gasteiger charge is -2.13. The van der Waals surface area contributed by atoms with E-state index in [1.165, 1.54) is 0 Å². The van der Waals surface area contributed by atoms with E-state index in [0.29, 0.717) is 5.69 Å². The molecular weight excluding hydrogens is 390 g/mol. The molecule has 4 rings (SSSR count). The summed E-state index contributed by atoms with van der Waals surface area (Å²) in [7, 11) is 3.27. The standard InChI is InChI=1S/C25H25N3O3/c1-4-24-27-21-7-5-6-8-22(21)28(24)16-25(29)26-18-11-14-23(31-3)20(15-18)17-9-12-19(30-2)13-10-17/h5-15H,4,16H2,1-3H3,(H,26,29). The Morgan fingerprint density at radius 2 is 1.77 bits per heavy atom. The molecule has 0 bridgehead atoms. The van der Waals surface area contributed by atoms with Crippen LogP contribution < -0.4 is 14.8 Å². The Hall–Kier alpha value is -3.80. The van der Waals surface area contributed by atoms with E-state index in [1.807, 2.05) is 78.2 Å². The first-order valence-electron chi connectivity index (χ1n) is 10.2. The third kappa shape index (κ3) is 4.23. The van der Waals surface area contributed by atoms with Crippen molar-refractivity contribution in [1.82, 2.24) is 9.55 Å². The Kier molecular flexibility index (Phi) is 5.89. The Bertz CT molecular complexity index is 1210. The van der Waals surface area contributed by atoms with Gasteiger partial charge in [0.15, 0.2) is 0 Å². The van der Waals surface area contributed by atoms with Gasteiger partial charge in [-0.1, -0.05) is 31.2 Å². The number of benzene rings is 3. The topological polar surface area (TPSA) is 65.4 Å². The number of carbonyl (C=O) groups excluding carboxylic acids is 1. The SMILES string of the molecule is CCc1nc2ccccc2n1CC(=O)Nc1ccc(OC)c(-c2ccc(OC)cc2)c1. The summed E-state index contributed by atoms with van der Waals surface area (Å²) in [6, 6.07) is 21.2. The maximum atomic E-state index is 12.9. The molecule has 0 radical (unpaired) electrons. The second-order valence-corrected chi connectivity index (χ2v) is 7.15. The average molecular weight is 415 g/mol. The molecule has 158 valence electrons. The van der Waals surface area contributed by atoms with Crippen LogP contribution in [0.15, 0.2) is 66.7 Å². The van der Waals surface area contributed by atoms with Gasteiger partial charge in [-0.2, -0.15) is 0 Å². The molecule has 1 N–H and O–H groups in total. The Balaban J connectivity index is 1.59. The number of ether oxygens (including phenoxy) is 2. The van der Waals surface area contributed by atoms with Crippen LogP contribution in [-0.4, -0.2) is 29.7 Å². The number of anilines is 1. The van der Waals surface area contributed by atoms with Crippen LogP contribution in [0, 0.1) is 0 Å². The molecule has 4 aromatic rings. The normalized spacial score (nSPS) is 10.8. The third-order valence-electron chi connectivity index (χ3n) is 5.24. The van der Waals surface area contributed by atoms with Crippen molar-refractivity contribution in [2.24, 2.45) is 0 Å². The minimum atomic E-state index is -0.108. The number of imidazole rings is 1. The smallest absolute Gasteiger partial charge is 0.244 e. The summed E-state index contributed by atoms with van der Waals surface area (Å²) in [5, 5.41) is 3.01. The van der Waals surface area contributed by atoms with Crippen LogP contribution in [0.2, 0.25) is 0 Å². The van der Waals surface area contributed by atoms with Gasteiger partial charge >= 0.3 is 0 Å². The summed E-state index contributed by atoms with van der Waals surface area (Å²) >= 11 is 0. The van der Waals surface area contributed by atoms with E-state index in [4.69, 9.17) is 9.47 Å². The Labute approximate surface area is 181 Å². The maximum Gasteiger partial charge on any atom is 0.244 e. The van der Waals surface area contributed by atoms with Crippen LogP contribution in [0.4, 0.5) is 5.69 Å². The van der Waals surface area contributed by atoms with Crippen molar-refractivity contribution in [3.63, 3.8) is 0 Å². The minimum absolute atomic E-state index is 0.108. The number of amides is 1. The molecule has 6 heteroatoms. The van der Waals surface area contributed by atoms with Gasteiger partial charge in [-0.15, -0.1) is 0 Å². The Morgan fingerprint density at radius 3 is 2.48 bits per heavy atom. The number of rotatable bonds is 7. The lowest BCUT2D eigenvalue weighted by molar-refractivity contribution is -0.116. The predicted molar refractivity (Wildman–Crippen MR) is 123 cm³/mol. The molecule has 3 aromatic carbocycles. The van der Waals surface area contributed by atoms with Gasteiger partial charge in [-0.3, -0.25) is 4.79 Å². The molecule has 31 heavy (non-hydrogen) atoms. The monoisotopic (exact) mass is 415 g/mol. The molecule has 0 fully saturated rings. The van der Waals surface area contributed by atoms with Crippen LogP contribution in [0.3, 0.4) is 0 Å². The van der Waals surface area contributed by atoms with Crippen molar-refractivity contribution in [3.8, 4) is 22.6 Å². The largest absolute Gasteiger partial charge is 0.497 e. The zero-order valence-corrected chi connectivity index (χ0v) is 17.9. The van der Waals surface area contributed by atoms with Gasteiger partial charge in [-0.05, 0) is 48.0 Å². The second kappa shape index (κ2) is 8.92. The van der Waals surface area contributed by atoms with Crippen molar-refractivity contribution in [2.45, 2.75) is 19.9 Å². The number of nitrogens with one attached hydrogen (secondary N) is 1. The molecule has 1 aromatic heterocycles. The predicted octanol–water partition coefficient (Wildman–Crippen LogP) is 4.92. The number of carbonyl (C=O) groups is 1. The van der Waals surface area contributed by atoms with Crippen LogP contribution in [0.5, 0.6) is 11.5 Å². The first-order chi connectivity index (χ1) is 15.1. The number of para-hydroxylation sites is 2. The van der Waals surface area contributed by atoms with Crippen LogP contribution >= 0.6 is 0 Å². The first kappa shape index (κ1) is 20.5. The van der Waals surface area contributed by atoms with E-state index in [-0.39, 0.29) is 12.5 Å². The molecule has 1 heterocycles. The zero-order valence-electron chi connectivity index (χ0n) is 17.9. The van der Waals surface area contributed by atoms with Crippen molar-refractivity contribution in [3.05, 3.63) is 72.6 Å². The zero-order chi connectivity index (χ0) is 21.8. The van der Waals surface area contributed by atoms with E-state index in [0.717, 1.165) is 45.9 Å². The number of aryl methyl sites for hydroxylation is 1. The lowest BCUT2D eigenvalue weighted by Crippen LogP contribution is -2.20. The van der Waals surface area contributed by atoms with Gasteiger partial charge in [0, 0.05) is 17.7 Å². The summed E-state index contributed by atoms with van der Waals surface area (Å²) in [5.74, 6) is 2.30. The van der Waals surface area contributed by atoms with Gasteiger partial charge < -0.3 is 19.4 Å². The first-order valence-corrected chi connectivity index (χ1v) is 10.2. The number of fused-ring (bicyclic) bond motifs is 1. The van der Waals surface area contributed by atoms with Crippen molar-refractivity contribution in [1.29, 1.82) is 0 Å². The Morgan fingerprint density at radius 1 is 1.00 bits per heavy atom. The fraction of sp³-hybridized carbons (Fsp3) is 0.200. The minimum Gasteiger partial charge on any atom is -0.497 e. The number of hydrogen-bond donors (Lipinski definition) is 1. The maximum absolute atomic E-state index is 12.9. The number of hydrogen-bond acceptors (Lipinski definition) is 4. The molecule has 6 nitrogen and oxygen atoms in total. The summed E-state index contributed by atoms with van der Waals surface area (Å²) in [6.07, 6.45) is 0.756. The molecule has 0 atom stereocenters. The second-order valence-electron chi connectivity index (χ2n) is 7.15. The van der Waals surface area contributed by atoms with Gasteiger partial charge in [0.25, 0.3) is 0 Å². The molecule has 0 unspecified atom stereocenters. The lowest BCUT2D eigenvalue weighted by atomic mass is 10.0. The molecule has 0 aliphatic heterocycles. The molecule has 0 aliphatic carbocycles. The van der Waals surface area contributed by atoms with Gasteiger partial charge in [0.1, 0.15) is 23.9 Å². The van der Waals surface area contributed by atoms with Gasteiger partial charge in [0.2, 0.25) is 5.91 Å². The van der Waals surface area contributed by atoms with E-state index >= 15 is 0 Å². The summed E-state index contributed by atoms with van der Waals surface area (Å²) in [6.45, 7) is 2.24. The van der Waals surface area contributed by atoms with Crippen LogP contribution in [0.1, 0.15) is 12.7 Å². The fourth-order valence-electron chi connectivity index (χ4n) is 3.70. The van der Waals surface area contributed by atoms with E-state index in [9.17, 15) is 4.79 Å². The van der Waals surface area contributed by atoms with Crippen LogP contribution in [0.25, 0.3) is 22.2 Å². The average Bonchev–Trinajstić information content (AvgIpc) is 3.16. The van der Waals surface area contributed by atoms with E-state index < -0.39 is 0 Å². The number of methoxy groups -OCH3 is 2. The van der Waals surface area contributed by atoms with Crippen molar-refractivity contribution >= 4 is 22.6 Å². The number of nitrogens with zero attached hydrogens (tertiary/aromatic N) is 2. The molecule has 0 aliphatic rings.